The highest BCUT2D eigenvalue weighted by molar-refractivity contribution is 5.73. The summed E-state index contributed by atoms with van der Waals surface area (Å²) < 4.78 is 35.6. The molecule has 0 aromatic carbocycles. The van der Waals surface area contributed by atoms with Crippen molar-refractivity contribution in [1.29, 1.82) is 0 Å². The van der Waals surface area contributed by atoms with Crippen LogP contribution in [-0.2, 0) is 42.8 Å². The van der Waals surface area contributed by atoms with Gasteiger partial charge in [0.05, 0.1) is 80.1 Å². The number of nitrogens with one attached hydrogen (secondary N) is 1. The van der Waals surface area contributed by atoms with E-state index in [1.807, 2.05) is 43.4 Å². The Hall–Kier alpha value is -3.87. The molecule has 24 atom stereocenters. The zero-order chi connectivity index (χ0) is 58.7. The molecule has 2 bridgehead atoms. The Labute approximate surface area is 461 Å². The summed E-state index contributed by atoms with van der Waals surface area (Å²) in [6.07, 6.45) is -5.88. The van der Waals surface area contributed by atoms with Gasteiger partial charge in [0.25, 0.3) is 0 Å². The van der Waals surface area contributed by atoms with Crippen LogP contribution in [0.15, 0.2) is 72.9 Å². The average molecular weight is 1130 g/mol. The number of hydrogen-bond donors (Lipinski definition) is 15. The molecule has 4 aliphatic heterocycles. The highest BCUT2D eigenvalue weighted by Gasteiger charge is 2.53. The lowest BCUT2D eigenvalue weighted by molar-refractivity contribution is -0.331. The van der Waals surface area contributed by atoms with E-state index in [4.69, 9.17) is 34.2 Å². The predicted octanol–water partition coefficient (Wildman–Crippen LogP) is -1.10. The maximum Gasteiger partial charge on any atom is 0.311 e. The van der Waals surface area contributed by atoms with Crippen LogP contribution in [0.1, 0.15) is 98.8 Å². The number of carboxylic acid groups (broad SMARTS) is 1. The molecular weight excluding hydrogens is 1040 g/mol. The Bertz CT molecular complexity index is 2060. The Morgan fingerprint density at radius 1 is 0.696 bits per heavy atom. The van der Waals surface area contributed by atoms with E-state index in [1.165, 1.54) is 13.0 Å². The number of aliphatic hydroxyl groups is 12. The van der Waals surface area contributed by atoms with E-state index in [-0.39, 0.29) is 31.6 Å². The van der Waals surface area contributed by atoms with E-state index < -0.39 is 190 Å². The first-order valence-corrected chi connectivity index (χ1v) is 27.1. The second-order valence-electron chi connectivity index (χ2n) is 21.4. The minimum Gasteiger partial charge on any atom is -0.481 e. The van der Waals surface area contributed by atoms with E-state index in [2.05, 4.69) is 5.32 Å². The number of ether oxygens (including phenoxy) is 6. The summed E-state index contributed by atoms with van der Waals surface area (Å²) in [7, 11) is 0. The summed E-state index contributed by atoms with van der Waals surface area (Å²) >= 11 is 0. The first kappa shape index (κ1) is 67.6. The largest absolute Gasteiger partial charge is 0.481 e. The van der Waals surface area contributed by atoms with Crippen LogP contribution in [0.25, 0.3) is 0 Å². The van der Waals surface area contributed by atoms with Gasteiger partial charge in [-0.25, -0.2) is 0 Å². The number of cyclic esters (lactones) is 1. The van der Waals surface area contributed by atoms with Crippen molar-refractivity contribution in [3.63, 3.8) is 0 Å². The van der Waals surface area contributed by atoms with Gasteiger partial charge in [-0.2, -0.15) is 0 Å². The molecule has 4 rings (SSSR count). The molecule has 0 aliphatic carbocycles. The van der Waals surface area contributed by atoms with Crippen molar-refractivity contribution in [3.05, 3.63) is 72.9 Å². The molecule has 24 heteroatoms. The lowest BCUT2D eigenvalue weighted by Crippen LogP contribution is -2.68. The third kappa shape index (κ3) is 21.1. The summed E-state index contributed by atoms with van der Waals surface area (Å²) in [4.78, 5) is 37.5. The quantitative estimate of drug-likeness (QED) is 0.135. The standard InChI is InChI=1S/C55H88N2O22/c1-29-18-16-14-12-10-8-6-7-9-11-13-15-17-19-37(76-54-49(69)45(56)51(32(4)75-54)78-53-46(57-33(5)59)50(70)48(68)42(28-58)77-53)25-41-44(52(71)72)40(65)27-55(73,79-41)26-39(64)38(63)21-20-34(60)22-35(61)23-36(62)24-43(66)74-31(3)30(2)47(29)67/h6-7,9,11-19,29-32,34-42,44-51,53-54,58,60-65,67-70,73H,8,10,20-28,56H2,1-5H3,(H,57,59)(H,71,72). The number of fused-ring (bicyclic) bond motifs is 2. The Morgan fingerprint density at radius 2 is 1.30 bits per heavy atom. The third-order valence-electron chi connectivity index (χ3n) is 14.8. The van der Waals surface area contributed by atoms with Crippen LogP contribution in [0.5, 0.6) is 0 Å². The molecule has 0 aromatic heterocycles. The molecular formula is C55H88N2O22. The molecule has 4 heterocycles. The maximum atomic E-state index is 12.7. The number of aliphatic carboxylic acids is 1. The van der Waals surface area contributed by atoms with E-state index in [0.717, 1.165) is 6.92 Å². The summed E-state index contributed by atoms with van der Waals surface area (Å²) in [5.41, 5.74) is 6.54. The van der Waals surface area contributed by atoms with Crippen molar-refractivity contribution in [2.75, 3.05) is 6.61 Å². The summed E-state index contributed by atoms with van der Waals surface area (Å²) in [6.45, 7) is 7.15. The lowest BCUT2D eigenvalue weighted by Gasteiger charge is -2.48. The van der Waals surface area contributed by atoms with Crippen LogP contribution in [0.4, 0.5) is 0 Å². The third-order valence-corrected chi connectivity index (χ3v) is 14.8. The number of carbonyl (C=O) groups excluding carboxylic acids is 2. The lowest BCUT2D eigenvalue weighted by atomic mass is 9.82. The van der Waals surface area contributed by atoms with Gasteiger partial charge in [-0.1, -0.05) is 86.8 Å². The second-order valence-corrected chi connectivity index (χ2v) is 21.4. The molecule has 0 saturated carbocycles. The zero-order valence-electron chi connectivity index (χ0n) is 45.6. The average Bonchev–Trinajstić information content (AvgIpc) is 3.36. The van der Waals surface area contributed by atoms with Gasteiger partial charge < -0.3 is 106 Å². The van der Waals surface area contributed by atoms with Crippen LogP contribution in [0.3, 0.4) is 0 Å². The minimum absolute atomic E-state index is 0.180. The van der Waals surface area contributed by atoms with Gasteiger partial charge >= 0.3 is 11.9 Å². The second kappa shape index (κ2) is 32.7. The van der Waals surface area contributed by atoms with Crippen molar-refractivity contribution >= 4 is 17.8 Å². The van der Waals surface area contributed by atoms with Crippen molar-refractivity contribution < 1.29 is 109 Å². The van der Waals surface area contributed by atoms with Crippen LogP contribution >= 0.6 is 0 Å². The van der Waals surface area contributed by atoms with Gasteiger partial charge in [0.15, 0.2) is 18.4 Å². The van der Waals surface area contributed by atoms with Crippen molar-refractivity contribution in [2.24, 2.45) is 23.5 Å². The molecule has 4 aliphatic rings. The summed E-state index contributed by atoms with van der Waals surface area (Å²) in [5.74, 6) is -7.75. The molecule has 24 nitrogen and oxygen atoms in total. The molecule has 450 valence electrons. The number of aliphatic hydroxyl groups excluding tert-OH is 11. The van der Waals surface area contributed by atoms with E-state index >= 15 is 0 Å². The fourth-order valence-electron chi connectivity index (χ4n) is 10.0. The molecule has 0 spiro atoms. The first-order valence-electron chi connectivity index (χ1n) is 27.1. The minimum atomic E-state index is -2.44. The summed E-state index contributed by atoms with van der Waals surface area (Å²) in [6, 6.07) is -2.68. The Morgan fingerprint density at radius 3 is 1.95 bits per heavy atom. The maximum absolute atomic E-state index is 12.7. The van der Waals surface area contributed by atoms with E-state index in [9.17, 15) is 80.8 Å². The van der Waals surface area contributed by atoms with Crippen molar-refractivity contribution in [2.45, 2.75) is 227 Å². The highest BCUT2D eigenvalue weighted by Crippen LogP contribution is 2.39. The monoisotopic (exact) mass is 1130 g/mol. The van der Waals surface area contributed by atoms with Gasteiger partial charge in [-0.3, -0.25) is 14.4 Å². The smallest absolute Gasteiger partial charge is 0.311 e. The fraction of sp³-hybridized carbons (Fsp3) is 0.727. The zero-order valence-corrected chi connectivity index (χ0v) is 45.6. The highest BCUT2D eigenvalue weighted by atomic mass is 16.7. The van der Waals surface area contributed by atoms with E-state index in [1.54, 1.807) is 44.2 Å². The number of rotatable bonds is 7. The topological polar surface area (TPSA) is 408 Å². The molecule has 24 unspecified atom stereocenters. The molecule has 16 N–H and O–H groups in total. The molecule has 0 radical (unpaired) electrons. The van der Waals surface area contributed by atoms with Crippen molar-refractivity contribution in [1.82, 2.24) is 5.32 Å². The number of esters is 1. The number of nitrogens with two attached hydrogens (primary N) is 1. The van der Waals surface area contributed by atoms with Gasteiger partial charge in [0, 0.05) is 38.0 Å². The van der Waals surface area contributed by atoms with Crippen molar-refractivity contribution in [3.8, 4) is 0 Å². The van der Waals surface area contributed by atoms with Gasteiger partial charge in [0.1, 0.15) is 48.6 Å². The number of hydrogen-bond acceptors (Lipinski definition) is 22. The molecule has 0 aromatic rings. The van der Waals surface area contributed by atoms with Crippen LogP contribution in [-0.4, -0.2) is 219 Å². The normalized spacial score (nSPS) is 42.7. The molecule has 3 fully saturated rings. The van der Waals surface area contributed by atoms with Crippen LogP contribution in [0, 0.1) is 17.8 Å². The molecule has 3 saturated heterocycles. The first-order chi connectivity index (χ1) is 37.2. The number of allylic oxidation sites excluding steroid dienone is 10. The fourth-order valence-corrected chi connectivity index (χ4v) is 10.0. The number of amides is 1. The van der Waals surface area contributed by atoms with Crippen LogP contribution in [0.2, 0.25) is 0 Å². The molecule has 79 heavy (non-hydrogen) atoms. The number of carboxylic acids is 1. The van der Waals surface area contributed by atoms with Gasteiger partial charge in [-0.05, 0) is 52.4 Å². The molecule has 1 amide bonds. The van der Waals surface area contributed by atoms with Crippen LogP contribution < -0.4 is 11.1 Å². The SMILES string of the molecule is CC(=O)NC1C(OC2C(C)OC(OC3C=CC=CC=CC=CCCC=CC=CC(C)C(O)C(C)C(C)OC(=O)CC(O)CC(O)CC(O)CCC(O)C(O)CC4(O)CC(O)C(C(=O)O)C(C3)O4)C(O)C2N)OC(CO)C(O)C1O. The van der Waals surface area contributed by atoms with E-state index in [0.29, 0.717) is 12.8 Å². The Balaban J connectivity index is 1.58. The van der Waals surface area contributed by atoms with Gasteiger partial charge in [-0.15, -0.1) is 0 Å². The summed E-state index contributed by atoms with van der Waals surface area (Å²) in [5, 5.41) is 143. The van der Waals surface area contributed by atoms with Gasteiger partial charge in [0.2, 0.25) is 5.91 Å². The number of carbonyl (C=O) groups is 3. The predicted molar refractivity (Wildman–Crippen MR) is 281 cm³/mol. The Kier molecular flexibility index (Phi) is 28.0.